The Balaban J connectivity index is 2.84. The van der Waals surface area contributed by atoms with Gasteiger partial charge in [-0.2, -0.15) is 0 Å². The van der Waals surface area contributed by atoms with Crippen molar-refractivity contribution in [3.63, 3.8) is 0 Å². The third-order valence-corrected chi connectivity index (χ3v) is 1.92. The van der Waals surface area contributed by atoms with E-state index in [0.29, 0.717) is 0 Å². The highest BCUT2D eigenvalue weighted by atomic mass is 19.4. The number of phenols is 1. The summed E-state index contributed by atoms with van der Waals surface area (Å²) in [4.78, 5) is 11.2. The quantitative estimate of drug-likeness (QED) is 0.848. The fraction of sp³-hybridized carbons (Fsp3) is 0.364. The third kappa shape index (κ3) is 4.52. The molecule has 18 heavy (non-hydrogen) atoms. The van der Waals surface area contributed by atoms with Gasteiger partial charge in [0.25, 0.3) is 0 Å². The van der Waals surface area contributed by atoms with Crippen LogP contribution in [0.25, 0.3) is 0 Å². The summed E-state index contributed by atoms with van der Waals surface area (Å²) in [6.45, 7) is 1.75. The monoisotopic (exact) mass is 264 g/mol. The summed E-state index contributed by atoms with van der Waals surface area (Å²) in [7, 11) is 0. The molecule has 0 aliphatic rings. The van der Waals surface area contributed by atoms with Crippen LogP contribution in [-0.4, -0.2) is 24.0 Å². The van der Waals surface area contributed by atoms with Crippen LogP contribution in [0.1, 0.15) is 12.5 Å². The van der Waals surface area contributed by atoms with Crippen LogP contribution in [0.2, 0.25) is 0 Å². The van der Waals surface area contributed by atoms with E-state index >= 15 is 0 Å². The summed E-state index contributed by atoms with van der Waals surface area (Å²) in [6, 6.07) is 2.92. The highest BCUT2D eigenvalue weighted by Crippen LogP contribution is 2.28. The first-order valence-electron chi connectivity index (χ1n) is 5.05. The molecular weight excluding hydrogens is 253 g/mol. The molecule has 0 saturated carbocycles. The van der Waals surface area contributed by atoms with Crippen molar-refractivity contribution in [1.82, 2.24) is 0 Å². The molecule has 0 aliphatic heterocycles. The van der Waals surface area contributed by atoms with Crippen LogP contribution < -0.4 is 4.74 Å². The Morgan fingerprint density at radius 1 is 1.39 bits per heavy atom. The van der Waals surface area contributed by atoms with E-state index in [2.05, 4.69) is 9.47 Å². The predicted octanol–water partition coefficient (Wildman–Crippen LogP) is 2.40. The second kappa shape index (κ2) is 5.61. The van der Waals surface area contributed by atoms with Crippen LogP contribution in [0.15, 0.2) is 18.2 Å². The Morgan fingerprint density at radius 3 is 2.61 bits per heavy atom. The Bertz CT molecular complexity index is 429. The molecule has 0 heterocycles. The zero-order chi connectivity index (χ0) is 13.8. The van der Waals surface area contributed by atoms with Gasteiger partial charge >= 0.3 is 12.3 Å². The van der Waals surface area contributed by atoms with Gasteiger partial charge in [0, 0.05) is 5.56 Å². The van der Waals surface area contributed by atoms with Gasteiger partial charge in [0.15, 0.2) is 0 Å². The van der Waals surface area contributed by atoms with Crippen molar-refractivity contribution < 1.29 is 32.5 Å². The van der Waals surface area contributed by atoms with Crippen LogP contribution in [0.3, 0.4) is 0 Å². The van der Waals surface area contributed by atoms with Crippen molar-refractivity contribution in [3.05, 3.63) is 23.8 Å². The molecule has 0 bridgehead atoms. The lowest BCUT2D eigenvalue weighted by Crippen LogP contribution is -2.17. The standard InChI is InChI=1S/C11H11F3O4/c1-2-17-10(16)6-7-5-8(3-4-9(7)15)18-11(12,13)14/h3-5,15H,2,6H2,1H3. The van der Waals surface area contributed by atoms with E-state index in [0.717, 1.165) is 18.2 Å². The summed E-state index contributed by atoms with van der Waals surface area (Å²) in [5.41, 5.74) is 0.00944. The molecule has 1 aromatic rings. The number of phenolic OH excluding ortho intramolecular Hbond substituents is 1. The second-order valence-corrected chi connectivity index (χ2v) is 3.32. The minimum Gasteiger partial charge on any atom is -0.508 e. The van der Waals surface area contributed by atoms with E-state index in [1.807, 2.05) is 0 Å². The fourth-order valence-corrected chi connectivity index (χ4v) is 1.27. The second-order valence-electron chi connectivity index (χ2n) is 3.32. The number of hydrogen-bond donors (Lipinski definition) is 1. The summed E-state index contributed by atoms with van der Waals surface area (Å²) in [5, 5.41) is 9.41. The molecule has 0 spiro atoms. The predicted molar refractivity (Wildman–Crippen MR) is 55.1 cm³/mol. The molecule has 0 unspecified atom stereocenters. The fourth-order valence-electron chi connectivity index (χ4n) is 1.27. The number of rotatable bonds is 4. The third-order valence-electron chi connectivity index (χ3n) is 1.92. The number of halogens is 3. The zero-order valence-corrected chi connectivity index (χ0v) is 9.45. The largest absolute Gasteiger partial charge is 0.573 e. The van der Waals surface area contributed by atoms with Crippen LogP contribution in [0, 0.1) is 0 Å². The first-order chi connectivity index (χ1) is 8.31. The highest BCUT2D eigenvalue weighted by molar-refractivity contribution is 5.73. The van der Waals surface area contributed by atoms with Crippen molar-refractivity contribution in [2.75, 3.05) is 6.61 Å². The molecule has 100 valence electrons. The van der Waals surface area contributed by atoms with E-state index in [9.17, 15) is 23.1 Å². The molecule has 0 atom stereocenters. The van der Waals surface area contributed by atoms with Crippen molar-refractivity contribution in [2.45, 2.75) is 19.7 Å². The number of carbonyl (C=O) groups is 1. The zero-order valence-electron chi connectivity index (χ0n) is 9.45. The van der Waals surface area contributed by atoms with E-state index in [1.54, 1.807) is 6.92 Å². The topological polar surface area (TPSA) is 55.8 Å². The lowest BCUT2D eigenvalue weighted by molar-refractivity contribution is -0.274. The molecular formula is C11H11F3O4. The van der Waals surface area contributed by atoms with Gasteiger partial charge in [-0.25, -0.2) is 0 Å². The van der Waals surface area contributed by atoms with E-state index < -0.39 is 18.1 Å². The number of esters is 1. The summed E-state index contributed by atoms with van der Waals surface area (Å²) < 4.78 is 44.2. The maximum absolute atomic E-state index is 12.0. The summed E-state index contributed by atoms with van der Waals surface area (Å²) >= 11 is 0. The van der Waals surface area contributed by atoms with Gasteiger partial charge in [-0.3, -0.25) is 4.79 Å². The smallest absolute Gasteiger partial charge is 0.508 e. The number of alkyl halides is 3. The molecule has 0 aliphatic carbocycles. The van der Waals surface area contributed by atoms with Gasteiger partial charge in [-0.1, -0.05) is 0 Å². The van der Waals surface area contributed by atoms with Crippen molar-refractivity contribution in [3.8, 4) is 11.5 Å². The lowest BCUT2D eigenvalue weighted by Gasteiger charge is -2.11. The minimum absolute atomic E-state index is 0.00944. The van der Waals surface area contributed by atoms with Gasteiger partial charge < -0.3 is 14.6 Å². The Labute approximate surface area is 101 Å². The SMILES string of the molecule is CCOC(=O)Cc1cc(OC(F)(F)F)ccc1O. The molecule has 0 amide bonds. The van der Waals surface area contributed by atoms with Crippen molar-refractivity contribution in [1.29, 1.82) is 0 Å². The summed E-state index contributed by atoms with van der Waals surface area (Å²) in [5.74, 6) is -1.44. The number of hydrogen-bond acceptors (Lipinski definition) is 4. The number of benzene rings is 1. The highest BCUT2D eigenvalue weighted by Gasteiger charge is 2.31. The Kier molecular flexibility index (Phi) is 4.41. The molecule has 0 fully saturated rings. The molecule has 0 radical (unpaired) electrons. The minimum atomic E-state index is -4.82. The van der Waals surface area contributed by atoms with Crippen molar-refractivity contribution >= 4 is 5.97 Å². The van der Waals surface area contributed by atoms with E-state index in [-0.39, 0.29) is 24.3 Å². The number of carbonyl (C=O) groups excluding carboxylic acids is 1. The number of ether oxygens (including phenoxy) is 2. The molecule has 1 N–H and O–H groups in total. The van der Waals surface area contributed by atoms with Crippen molar-refractivity contribution in [2.24, 2.45) is 0 Å². The van der Waals surface area contributed by atoms with E-state index in [4.69, 9.17) is 0 Å². The molecule has 7 heteroatoms. The van der Waals surface area contributed by atoms with Crippen LogP contribution in [0.4, 0.5) is 13.2 Å². The average Bonchev–Trinajstić information content (AvgIpc) is 2.21. The lowest BCUT2D eigenvalue weighted by atomic mass is 10.1. The molecule has 0 saturated heterocycles. The maximum atomic E-state index is 12.0. The van der Waals surface area contributed by atoms with Crippen LogP contribution in [-0.2, 0) is 16.0 Å². The summed E-state index contributed by atoms with van der Waals surface area (Å²) in [6.07, 6.45) is -5.15. The first kappa shape index (κ1) is 14.1. The number of aromatic hydroxyl groups is 1. The molecule has 4 nitrogen and oxygen atoms in total. The van der Waals surface area contributed by atoms with Gasteiger partial charge in [0.2, 0.25) is 0 Å². The molecule has 0 aromatic heterocycles. The van der Waals surface area contributed by atoms with Crippen LogP contribution >= 0.6 is 0 Å². The first-order valence-corrected chi connectivity index (χ1v) is 5.05. The normalized spacial score (nSPS) is 11.1. The molecule has 1 aromatic carbocycles. The maximum Gasteiger partial charge on any atom is 0.573 e. The van der Waals surface area contributed by atoms with E-state index in [1.165, 1.54) is 0 Å². The molecule has 1 rings (SSSR count). The average molecular weight is 264 g/mol. The van der Waals surface area contributed by atoms with Crippen LogP contribution in [0.5, 0.6) is 11.5 Å². The van der Waals surface area contributed by atoms with Gasteiger partial charge in [-0.05, 0) is 25.1 Å². The van der Waals surface area contributed by atoms with Gasteiger partial charge in [0.1, 0.15) is 11.5 Å². The van der Waals surface area contributed by atoms with Gasteiger partial charge in [-0.15, -0.1) is 13.2 Å². The Morgan fingerprint density at radius 2 is 2.06 bits per heavy atom. The Hall–Kier alpha value is -1.92. The van der Waals surface area contributed by atoms with Gasteiger partial charge in [0.05, 0.1) is 13.0 Å².